The summed E-state index contributed by atoms with van der Waals surface area (Å²) in [7, 11) is 0. The van der Waals surface area contributed by atoms with Crippen LogP contribution in [0.4, 0.5) is 8.78 Å². The lowest BCUT2D eigenvalue weighted by Gasteiger charge is -2.19. The van der Waals surface area contributed by atoms with E-state index in [2.05, 4.69) is 4.98 Å². The van der Waals surface area contributed by atoms with Crippen LogP contribution in [0.2, 0.25) is 0 Å². The highest BCUT2D eigenvalue weighted by Crippen LogP contribution is 2.35. The van der Waals surface area contributed by atoms with Crippen molar-refractivity contribution >= 4 is 11.0 Å². The second-order valence-corrected chi connectivity index (χ2v) is 5.94. The van der Waals surface area contributed by atoms with Gasteiger partial charge in [0.1, 0.15) is 19.0 Å². The zero-order chi connectivity index (χ0) is 17.6. The van der Waals surface area contributed by atoms with Gasteiger partial charge in [0, 0.05) is 12.1 Å². The fourth-order valence-electron chi connectivity index (χ4n) is 3.01. The standard InChI is InChI=1S/C18H16F2N2O3/c1-10-21-14-7-17-18(25-5-4-24-17)8-15(14)22(10)9-16(23)11-2-3-12(19)13(20)6-11/h2-3,6-8,16,23H,4-5,9H2,1H3/t16-/m0/s1. The van der Waals surface area contributed by atoms with E-state index < -0.39 is 17.7 Å². The first-order valence-electron chi connectivity index (χ1n) is 7.92. The van der Waals surface area contributed by atoms with E-state index in [4.69, 9.17) is 9.47 Å². The van der Waals surface area contributed by atoms with Gasteiger partial charge in [0.05, 0.1) is 23.7 Å². The molecular weight excluding hydrogens is 330 g/mol. The quantitative estimate of drug-likeness (QED) is 0.792. The number of imidazole rings is 1. The predicted molar refractivity (Wildman–Crippen MR) is 86.8 cm³/mol. The van der Waals surface area contributed by atoms with E-state index in [9.17, 15) is 13.9 Å². The van der Waals surface area contributed by atoms with Crippen molar-refractivity contribution in [2.45, 2.75) is 19.6 Å². The largest absolute Gasteiger partial charge is 0.486 e. The van der Waals surface area contributed by atoms with Gasteiger partial charge in [0.2, 0.25) is 0 Å². The van der Waals surface area contributed by atoms with Crippen LogP contribution in [0.5, 0.6) is 11.5 Å². The van der Waals surface area contributed by atoms with E-state index in [0.717, 1.165) is 23.2 Å². The van der Waals surface area contributed by atoms with Crippen LogP contribution in [0.1, 0.15) is 17.5 Å². The Bertz CT molecular complexity index is 955. The normalized spacial score (nSPS) is 14.7. The third kappa shape index (κ3) is 2.80. The van der Waals surface area contributed by atoms with Gasteiger partial charge in [-0.05, 0) is 24.6 Å². The molecule has 5 nitrogen and oxygen atoms in total. The molecular formula is C18H16F2N2O3. The second-order valence-electron chi connectivity index (χ2n) is 5.94. The molecule has 0 aliphatic carbocycles. The molecule has 0 fully saturated rings. The maximum absolute atomic E-state index is 13.4. The number of aliphatic hydroxyl groups excluding tert-OH is 1. The number of fused-ring (bicyclic) bond motifs is 2. The Morgan fingerprint density at radius 1 is 1.12 bits per heavy atom. The first kappa shape index (κ1) is 15.8. The number of hydrogen-bond acceptors (Lipinski definition) is 4. The molecule has 3 aromatic rings. The molecule has 4 rings (SSSR count). The predicted octanol–water partition coefficient (Wildman–Crippen LogP) is 3.13. The van der Waals surface area contributed by atoms with Crippen LogP contribution in [0.25, 0.3) is 11.0 Å². The number of benzene rings is 2. The van der Waals surface area contributed by atoms with Gasteiger partial charge in [0.15, 0.2) is 23.1 Å². The topological polar surface area (TPSA) is 56.5 Å². The molecule has 2 heterocycles. The molecule has 0 amide bonds. The molecule has 1 atom stereocenters. The average Bonchev–Trinajstić information content (AvgIpc) is 2.90. The molecule has 7 heteroatoms. The van der Waals surface area contributed by atoms with Crippen molar-refractivity contribution in [3.05, 3.63) is 53.4 Å². The Morgan fingerprint density at radius 2 is 1.84 bits per heavy atom. The first-order valence-corrected chi connectivity index (χ1v) is 7.92. The van der Waals surface area contributed by atoms with Crippen molar-refractivity contribution in [2.24, 2.45) is 0 Å². The minimum Gasteiger partial charge on any atom is -0.486 e. The van der Waals surface area contributed by atoms with Crippen LogP contribution < -0.4 is 9.47 Å². The Hall–Kier alpha value is -2.67. The molecule has 0 saturated carbocycles. The highest BCUT2D eigenvalue weighted by Gasteiger charge is 2.19. The van der Waals surface area contributed by atoms with E-state index >= 15 is 0 Å². The fraction of sp³-hybridized carbons (Fsp3) is 0.278. The maximum Gasteiger partial charge on any atom is 0.163 e. The number of hydrogen-bond donors (Lipinski definition) is 1. The number of halogens is 2. The van der Waals surface area contributed by atoms with Gasteiger partial charge >= 0.3 is 0 Å². The lowest BCUT2D eigenvalue weighted by molar-refractivity contribution is 0.156. The van der Waals surface area contributed by atoms with E-state index in [0.29, 0.717) is 36.1 Å². The van der Waals surface area contributed by atoms with Gasteiger partial charge in [-0.3, -0.25) is 0 Å². The molecule has 1 aliphatic rings. The maximum atomic E-state index is 13.4. The van der Waals surface area contributed by atoms with E-state index in [-0.39, 0.29) is 6.54 Å². The van der Waals surface area contributed by atoms with Gasteiger partial charge in [-0.15, -0.1) is 0 Å². The van der Waals surface area contributed by atoms with Gasteiger partial charge in [-0.2, -0.15) is 0 Å². The Labute approximate surface area is 142 Å². The number of rotatable bonds is 3. The molecule has 1 aliphatic heterocycles. The molecule has 0 unspecified atom stereocenters. The summed E-state index contributed by atoms with van der Waals surface area (Å²) in [6.45, 7) is 2.95. The van der Waals surface area contributed by atoms with Gasteiger partial charge in [-0.1, -0.05) is 6.07 Å². The van der Waals surface area contributed by atoms with E-state index in [1.54, 1.807) is 6.07 Å². The number of nitrogens with zero attached hydrogens (tertiary/aromatic N) is 2. The minimum atomic E-state index is -1.00. The van der Waals surface area contributed by atoms with Crippen molar-refractivity contribution in [2.75, 3.05) is 13.2 Å². The number of ether oxygens (including phenoxy) is 2. The third-order valence-electron chi connectivity index (χ3n) is 4.29. The van der Waals surface area contributed by atoms with Gasteiger partial charge in [0.25, 0.3) is 0 Å². The summed E-state index contributed by atoms with van der Waals surface area (Å²) in [5.74, 6) is 0.0399. The van der Waals surface area contributed by atoms with Gasteiger partial charge in [-0.25, -0.2) is 13.8 Å². The molecule has 0 spiro atoms. The Balaban J connectivity index is 1.70. The molecule has 0 saturated heterocycles. The number of aryl methyl sites for hydroxylation is 1. The van der Waals surface area contributed by atoms with Crippen LogP contribution in [-0.2, 0) is 6.54 Å². The zero-order valence-corrected chi connectivity index (χ0v) is 13.5. The van der Waals surface area contributed by atoms with E-state index in [1.807, 2.05) is 17.6 Å². The third-order valence-corrected chi connectivity index (χ3v) is 4.29. The smallest absolute Gasteiger partial charge is 0.163 e. The monoisotopic (exact) mass is 346 g/mol. The summed E-state index contributed by atoms with van der Waals surface area (Å²) < 4.78 is 39.4. The van der Waals surface area contributed by atoms with E-state index in [1.165, 1.54) is 6.07 Å². The summed E-state index contributed by atoms with van der Waals surface area (Å²) in [6.07, 6.45) is -1.00. The summed E-state index contributed by atoms with van der Waals surface area (Å²) in [6, 6.07) is 7.01. The molecule has 1 N–H and O–H groups in total. The van der Waals surface area contributed by atoms with Crippen molar-refractivity contribution in [3.63, 3.8) is 0 Å². The molecule has 25 heavy (non-hydrogen) atoms. The van der Waals surface area contributed by atoms with Crippen LogP contribution in [0, 0.1) is 18.6 Å². The summed E-state index contributed by atoms with van der Waals surface area (Å²) in [4.78, 5) is 4.48. The van der Waals surface area contributed by atoms with Crippen molar-refractivity contribution < 1.29 is 23.4 Å². The average molecular weight is 346 g/mol. The molecule has 130 valence electrons. The summed E-state index contributed by atoms with van der Waals surface area (Å²) >= 11 is 0. The van der Waals surface area contributed by atoms with Crippen molar-refractivity contribution in [1.82, 2.24) is 9.55 Å². The molecule has 1 aromatic heterocycles. The minimum absolute atomic E-state index is 0.160. The summed E-state index contributed by atoms with van der Waals surface area (Å²) in [5, 5.41) is 10.4. The second kappa shape index (κ2) is 6.00. The fourth-order valence-corrected chi connectivity index (χ4v) is 3.01. The lowest BCUT2D eigenvalue weighted by Crippen LogP contribution is -2.15. The van der Waals surface area contributed by atoms with Gasteiger partial charge < -0.3 is 19.1 Å². The molecule has 2 aromatic carbocycles. The lowest BCUT2D eigenvalue weighted by atomic mass is 10.1. The molecule has 0 radical (unpaired) electrons. The molecule has 0 bridgehead atoms. The van der Waals surface area contributed by atoms with Crippen LogP contribution in [0.15, 0.2) is 30.3 Å². The SMILES string of the molecule is Cc1nc2cc3c(cc2n1C[C@H](O)c1ccc(F)c(F)c1)OCCO3. The zero-order valence-electron chi connectivity index (χ0n) is 13.5. The van der Waals surface area contributed by atoms with Crippen LogP contribution in [0.3, 0.4) is 0 Å². The Kier molecular flexibility index (Phi) is 3.80. The number of aliphatic hydroxyl groups is 1. The Morgan fingerprint density at radius 3 is 2.56 bits per heavy atom. The highest BCUT2D eigenvalue weighted by molar-refractivity contribution is 5.80. The number of aromatic nitrogens is 2. The van der Waals surface area contributed by atoms with Crippen LogP contribution >= 0.6 is 0 Å². The first-order chi connectivity index (χ1) is 12.0. The highest BCUT2D eigenvalue weighted by atomic mass is 19.2. The van der Waals surface area contributed by atoms with Crippen molar-refractivity contribution in [3.8, 4) is 11.5 Å². The van der Waals surface area contributed by atoms with Crippen molar-refractivity contribution in [1.29, 1.82) is 0 Å². The van der Waals surface area contributed by atoms with Crippen LogP contribution in [-0.4, -0.2) is 27.9 Å². The summed E-state index contributed by atoms with van der Waals surface area (Å²) in [5.41, 5.74) is 1.81.